The second-order valence-electron chi connectivity index (χ2n) is 7.36. The van der Waals surface area contributed by atoms with Crippen LogP contribution in [0.5, 0.6) is 5.75 Å². The minimum atomic E-state index is -4.17. The number of halogens is 1. The molecular formula is C17H22FN3O4S. The zero-order chi connectivity index (χ0) is 18.5. The van der Waals surface area contributed by atoms with E-state index in [1.54, 1.807) is 4.72 Å². The summed E-state index contributed by atoms with van der Waals surface area (Å²) in [5, 5.41) is 13.7. The number of aryl methyl sites for hydroxylation is 1. The van der Waals surface area contributed by atoms with Crippen molar-refractivity contribution in [2.45, 2.75) is 44.6 Å². The molecule has 3 N–H and O–H groups in total. The van der Waals surface area contributed by atoms with Crippen molar-refractivity contribution in [2.75, 3.05) is 17.4 Å². The normalized spacial score (nSPS) is 24.4. The molecule has 1 amide bonds. The summed E-state index contributed by atoms with van der Waals surface area (Å²) >= 11 is 0. The second kappa shape index (κ2) is 6.38. The number of carbonyl (C=O) groups excluding carboxylic acids is 1. The number of nitrogens with zero attached hydrogens (tertiary/aromatic N) is 1. The molecular weight excluding hydrogens is 361 g/mol. The van der Waals surface area contributed by atoms with Crippen LogP contribution in [-0.4, -0.2) is 38.6 Å². The van der Waals surface area contributed by atoms with Gasteiger partial charge in [-0.25, -0.2) is 13.4 Å². The van der Waals surface area contributed by atoms with Gasteiger partial charge in [0.1, 0.15) is 18.0 Å². The first-order chi connectivity index (χ1) is 12.3. The quantitative estimate of drug-likeness (QED) is 0.703. The monoisotopic (exact) mass is 383 g/mol. The molecule has 4 rings (SSSR count). The first-order valence-electron chi connectivity index (χ1n) is 8.95. The van der Waals surface area contributed by atoms with Crippen LogP contribution in [0.3, 0.4) is 0 Å². The van der Waals surface area contributed by atoms with Crippen molar-refractivity contribution in [3.63, 3.8) is 0 Å². The van der Waals surface area contributed by atoms with Crippen LogP contribution >= 0.6 is 0 Å². The summed E-state index contributed by atoms with van der Waals surface area (Å²) in [6, 6.07) is 1.55. The smallest absolute Gasteiger partial charge is 0.326 e. The molecule has 3 aliphatic rings. The minimum Gasteiger partial charge on any atom is -0.506 e. The molecule has 1 aromatic rings. The molecule has 1 heterocycles. The van der Waals surface area contributed by atoms with Gasteiger partial charge in [-0.1, -0.05) is 12.8 Å². The van der Waals surface area contributed by atoms with Gasteiger partial charge in [0, 0.05) is 6.04 Å². The van der Waals surface area contributed by atoms with Gasteiger partial charge in [0.2, 0.25) is 0 Å². The number of aromatic hydroxyl groups is 1. The molecule has 1 aromatic carbocycles. The maximum Gasteiger partial charge on any atom is 0.326 e. The zero-order valence-electron chi connectivity index (χ0n) is 14.3. The number of rotatable bonds is 5. The van der Waals surface area contributed by atoms with E-state index in [0.29, 0.717) is 28.3 Å². The summed E-state index contributed by atoms with van der Waals surface area (Å²) in [6.07, 6.45) is 5.62. The van der Waals surface area contributed by atoms with Gasteiger partial charge in [0.15, 0.2) is 5.82 Å². The predicted molar refractivity (Wildman–Crippen MR) is 93.6 cm³/mol. The molecule has 0 radical (unpaired) electrons. The highest BCUT2D eigenvalue weighted by Gasteiger charge is 2.39. The Balaban J connectivity index is 1.59. The largest absolute Gasteiger partial charge is 0.506 e. The van der Waals surface area contributed by atoms with Gasteiger partial charge in [-0.2, -0.15) is 8.42 Å². The van der Waals surface area contributed by atoms with Crippen molar-refractivity contribution < 1.29 is 22.7 Å². The molecule has 26 heavy (non-hydrogen) atoms. The minimum absolute atomic E-state index is 0.128. The third-order valence-corrected chi connectivity index (χ3v) is 6.76. The highest BCUT2D eigenvalue weighted by Crippen LogP contribution is 2.39. The number of phenolic OH excluding ortho intramolecular Hbond substituents is 1. The van der Waals surface area contributed by atoms with Gasteiger partial charge in [-0.3, -0.25) is 4.79 Å². The number of benzene rings is 1. The molecule has 142 valence electrons. The number of hydrogen-bond acceptors (Lipinski definition) is 5. The van der Waals surface area contributed by atoms with E-state index in [2.05, 4.69) is 5.32 Å². The Hall–Kier alpha value is -1.87. The van der Waals surface area contributed by atoms with Gasteiger partial charge in [-0.05, 0) is 55.3 Å². The molecule has 1 saturated carbocycles. The fourth-order valence-corrected chi connectivity index (χ4v) is 4.96. The standard InChI is InChI=1S/C17H22FN3O4S/c18-16-13-8-12(19-6-5-10-1-2-10)4-3-11(13)7-14(22)17(16)21-9-15(23)20-26(21,24)25/h7,10,12,19,22H,1-6,8-9H2,(H,20,23)/t12-/m0/s1. The lowest BCUT2D eigenvalue weighted by Gasteiger charge is -2.28. The van der Waals surface area contributed by atoms with Crippen LogP contribution in [0.1, 0.15) is 36.8 Å². The summed E-state index contributed by atoms with van der Waals surface area (Å²) in [7, 11) is -4.17. The average molecular weight is 383 g/mol. The molecule has 7 nitrogen and oxygen atoms in total. The van der Waals surface area contributed by atoms with Crippen LogP contribution in [0.15, 0.2) is 6.07 Å². The third-order valence-electron chi connectivity index (χ3n) is 5.38. The summed E-state index contributed by atoms with van der Waals surface area (Å²) in [5.74, 6) is -1.14. The number of phenols is 1. The summed E-state index contributed by atoms with van der Waals surface area (Å²) in [4.78, 5) is 11.4. The van der Waals surface area contributed by atoms with Crippen LogP contribution in [-0.2, 0) is 27.8 Å². The van der Waals surface area contributed by atoms with Crippen molar-refractivity contribution in [3.8, 4) is 5.75 Å². The van der Waals surface area contributed by atoms with Crippen LogP contribution in [0.4, 0.5) is 10.1 Å². The number of anilines is 1. The molecule has 0 unspecified atom stereocenters. The van der Waals surface area contributed by atoms with Crippen LogP contribution in [0, 0.1) is 11.7 Å². The maximum absolute atomic E-state index is 15.1. The van der Waals surface area contributed by atoms with Crippen molar-refractivity contribution in [1.29, 1.82) is 0 Å². The fraction of sp³-hybridized carbons (Fsp3) is 0.588. The highest BCUT2D eigenvalue weighted by molar-refractivity contribution is 7.92. The van der Waals surface area contributed by atoms with Gasteiger partial charge in [-0.15, -0.1) is 0 Å². The Bertz CT molecular complexity index is 854. The maximum atomic E-state index is 15.1. The van der Waals surface area contributed by atoms with Crippen LogP contribution in [0.25, 0.3) is 0 Å². The first-order valence-corrected chi connectivity index (χ1v) is 10.4. The van der Waals surface area contributed by atoms with E-state index in [0.717, 1.165) is 25.3 Å². The molecule has 0 aromatic heterocycles. The molecule has 1 aliphatic heterocycles. The van der Waals surface area contributed by atoms with Crippen molar-refractivity contribution in [2.24, 2.45) is 5.92 Å². The van der Waals surface area contributed by atoms with Gasteiger partial charge < -0.3 is 10.4 Å². The van der Waals surface area contributed by atoms with E-state index in [9.17, 15) is 18.3 Å². The average Bonchev–Trinajstić information content (AvgIpc) is 3.33. The summed E-state index contributed by atoms with van der Waals surface area (Å²) < 4.78 is 41.6. The second-order valence-corrected chi connectivity index (χ2v) is 8.95. The van der Waals surface area contributed by atoms with Gasteiger partial charge >= 0.3 is 10.2 Å². The van der Waals surface area contributed by atoms with Gasteiger partial charge in [0.25, 0.3) is 5.91 Å². The van der Waals surface area contributed by atoms with E-state index in [1.165, 1.54) is 18.9 Å². The van der Waals surface area contributed by atoms with E-state index in [4.69, 9.17) is 0 Å². The number of fused-ring (bicyclic) bond motifs is 1. The Morgan fingerprint density at radius 1 is 1.35 bits per heavy atom. The first kappa shape index (κ1) is 17.5. The molecule has 0 spiro atoms. The number of hydrogen-bond donors (Lipinski definition) is 3. The Morgan fingerprint density at radius 2 is 2.12 bits per heavy atom. The van der Waals surface area contributed by atoms with E-state index in [1.807, 2.05) is 0 Å². The molecule has 2 aliphatic carbocycles. The molecule has 0 bridgehead atoms. The zero-order valence-corrected chi connectivity index (χ0v) is 15.1. The lowest BCUT2D eigenvalue weighted by Crippen LogP contribution is -2.36. The Labute approximate surface area is 151 Å². The summed E-state index contributed by atoms with van der Waals surface area (Å²) in [6.45, 7) is 0.366. The summed E-state index contributed by atoms with van der Waals surface area (Å²) in [5.41, 5.74) is 0.670. The van der Waals surface area contributed by atoms with Crippen LogP contribution < -0.4 is 14.3 Å². The van der Waals surface area contributed by atoms with E-state index < -0.39 is 39.9 Å². The van der Waals surface area contributed by atoms with E-state index in [-0.39, 0.29) is 6.04 Å². The predicted octanol–water partition coefficient (Wildman–Crippen LogP) is 0.959. The van der Waals surface area contributed by atoms with Crippen molar-refractivity contribution in [3.05, 3.63) is 23.0 Å². The fourth-order valence-electron chi connectivity index (χ4n) is 3.79. The SMILES string of the molecule is O=C1CN(c2c(O)cc3c(c2F)C[C@@H](NCCC2CC2)CC3)S(=O)(=O)N1. The van der Waals surface area contributed by atoms with Crippen LogP contribution in [0.2, 0.25) is 0 Å². The Morgan fingerprint density at radius 3 is 2.77 bits per heavy atom. The molecule has 2 fully saturated rings. The third kappa shape index (κ3) is 3.25. The lowest BCUT2D eigenvalue weighted by molar-refractivity contribution is -0.117. The van der Waals surface area contributed by atoms with E-state index >= 15 is 4.39 Å². The number of carbonyl (C=O) groups is 1. The molecule has 1 atom stereocenters. The topological polar surface area (TPSA) is 98.7 Å². The molecule has 9 heteroatoms. The van der Waals surface area contributed by atoms with Crippen molar-refractivity contribution >= 4 is 21.8 Å². The van der Waals surface area contributed by atoms with Gasteiger partial charge in [0.05, 0.1) is 0 Å². The lowest BCUT2D eigenvalue weighted by atomic mass is 9.87. The highest BCUT2D eigenvalue weighted by atomic mass is 32.2. The number of amides is 1. The van der Waals surface area contributed by atoms with Crippen molar-refractivity contribution in [1.82, 2.24) is 10.0 Å². The Kier molecular flexibility index (Phi) is 4.31. The molecule has 1 saturated heterocycles. The number of nitrogens with one attached hydrogen (secondary N) is 2.